The maximum Gasteiger partial charge on any atom is 0.243 e. The van der Waals surface area contributed by atoms with E-state index in [4.69, 9.17) is 0 Å². The summed E-state index contributed by atoms with van der Waals surface area (Å²) in [6.45, 7) is 2.65. The second kappa shape index (κ2) is 7.44. The van der Waals surface area contributed by atoms with Gasteiger partial charge < -0.3 is 5.11 Å². The van der Waals surface area contributed by atoms with E-state index in [0.29, 0.717) is 37.6 Å². The Kier molecular flexibility index (Phi) is 5.30. The van der Waals surface area contributed by atoms with Crippen LogP contribution < -0.4 is 0 Å². The van der Waals surface area contributed by atoms with Gasteiger partial charge in [-0.05, 0) is 17.7 Å². The lowest BCUT2D eigenvalue weighted by Gasteiger charge is -2.35. The van der Waals surface area contributed by atoms with E-state index in [1.54, 1.807) is 24.3 Å². The van der Waals surface area contributed by atoms with Crippen LogP contribution in [-0.4, -0.2) is 55.5 Å². The first kappa shape index (κ1) is 17.1. The zero-order chi connectivity index (χ0) is 17.0. The van der Waals surface area contributed by atoms with Crippen molar-refractivity contribution in [2.45, 2.75) is 11.0 Å². The third kappa shape index (κ3) is 3.84. The molecule has 128 valence electrons. The van der Waals surface area contributed by atoms with Gasteiger partial charge >= 0.3 is 0 Å². The largest absolute Gasteiger partial charge is 0.387 e. The van der Waals surface area contributed by atoms with Gasteiger partial charge in [0.05, 0.1) is 11.0 Å². The van der Waals surface area contributed by atoms with Crippen molar-refractivity contribution in [2.75, 3.05) is 32.7 Å². The van der Waals surface area contributed by atoms with Crippen LogP contribution >= 0.6 is 0 Å². The highest BCUT2D eigenvalue weighted by Crippen LogP contribution is 2.19. The van der Waals surface area contributed by atoms with Crippen molar-refractivity contribution >= 4 is 10.0 Å². The lowest BCUT2D eigenvalue weighted by Crippen LogP contribution is -2.49. The standard InChI is InChI=1S/C18H22N2O3S/c21-18(16-7-3-1-4-8-16)15-19-11-13-20(14-12-19)24(22,23)17-9-5-2-6-10-17/h1-10,18,21H,11-15H2/t18-/m1/s1. The van der Waals surface area contributed by atoms with Gasteiger partial charge in [-0.1, -0.05) is 48.5 Å². The van der Waals surface area contributed by atoms with Gasteiger partial charge in [-0.3, -0.25) is 4.90 Å². The number of sulfonamides is 1. The molecule has 1 heterocycles. The topological polar surface area (TPSA) is 60.9 Å². The number of rotatable bonds is 5. The van der Waals surface area contributed by atoms with E-state index in [2.05, 4.69) is 4.90 Å². The second-order valence-electron chi connectivity index (χ2n) is 5.94. The first-order valence-electron chi connectivity index (χ1n) is 8.08. The van der Waals surface area contributed by atoms with E-state index >= 15 is 0 Å². The molecule has 0 spiro atoms. The Bertz CT molecular complexity index is 742. The molecule has 1 fully saturated rings. The fourth-order valence-electron chi connectivity index (χ4n) is 2.92. The highest BCUT2D eigenvalue weighted by molar-refractivity contribution is 7.89. The van der Waals surface area contributed by atoms with Crippen LogP contribution in [0.5, 0.6) is 0 Å². The first-order chi connectivity index (χ1) is 11.6. The third-order valence-corrected chi connectivity index (χ3v) is 6.24. The fourth-order valence-corrected chi connectivity index (χ4v) is 4.36. The first-order valence-corrected chi connectivity index (χ1v) is 9.52. The van der Waals surface area contributed by atoms with Crippen LogP contribution in [0.15, 0.2) is 65.6 Å². The normalized spacial score (nSPS) is 18.4. The summed E-state index contributed by atoms with van der Waals surface area (Å²) < 4.78 is 26.7. The number of aliphatic hydroxyl groups excluding tert-OH is 1. The molecule has 0 aliphatic carbocycles. The number of nitrogens with zero attached hydrogens (tertiary/aromatic N) is 2. The van der Waals surface area contributed by atoms with E-state index in [9.17, 15) is 13.5 Å². The van der Waals surface area contributed by atoms with Gasteiger partial charge in [0.2, 0.25) is 10.0 Å². The van der Waals surface area contributed by atoms with E-state index in [0.717, 1.165) is 5.56 Å². The molecule has 2 aromatic carbocycles. The molecule has 6 heteroatoms. The summed E-state index contributed by atoms with van der Waals surface area (Å²) in [7, 11) is -3.42. The molecule has 24 heavy (non-hydrogen) atoms. The Hall–Kier alpha value is -1.73. The lowest BCUT2D eigenvalue weighted by atomic mass is 10.1. The zero-order valence-electron chi connectivity index (χ0n) is 13.5. The SMILES string of the molecule is O=S(=O)(c1ccccc1)N1CCN(C[C@@H](O)c2ccccc2)CC1. The molecule has 0 saturated carbocycles. The smallest absolute Gasteiger partial charge is 0.243 e. The molecule has 1 saturated heterocycles. The summed E-state index contributed by atoms with van der Waals surface area (Å²) in [6.07, 6.45) is -0.552. The van der Waals surface area contributed by atoms with Crippen molar-refractivity contribution in [3.05, 3.63) is 66.2 Å². The van der Waals surface area contributed by atoms with Crippen molar-refractivity contribution < 1.29 is 13.5 Å². The molecule has 2 aromatic rings. The predicted octanol–water partition coefficient (Wildman–Crippen LogP) is 1.73. The monoisotopic (exact) mass is 346 g/mol. The molecule has 0 aromatic heterocycles. The fraction of sp³-hybridized carbons (Fsp3) is 0.333. The number of benzene rings is 2. The van der Waals surface area contributed by atoms with Gasteiger partial charge in [-0.25, -0.2) is 8.42 Å². The summed E-state index contributed by atoms with van der Waals surface area (Å²) in [6, 6.07) is 18.1. The maximum atomic E-state index is 12.6. The van der Waals surface area contributed by atoms with Gasteiger partial charge in [0, 0.05) is 32.7 Å². The van der Waals surface area contributed by atoms with Crippen LogP contribution in [0.3, 0.4) is 0 Å². The lowest BCUT2D eigenvalue weighted by molar-refractivity contribution is 0.0921. The highest BCUT2D eigenvalue weighted by atomic mass is 32.2. The van der Waals surface area contributed by atoms with Crippen LogP contribution in [0.1, 0.15) is 11.7 Å². The van der Waals surface area contributed by atoms with Gasteiger partial charge in [0.15, 0.2) is 0 Å². The van der Waals surface area contributed by atoms with Crippen molar-refractivity contribution in [1.82, 2.24) is 9.21 Å². The molecule has 3 rings (SSSR count). The van der Waals surface area contributed by atoms with Gasteiger partial charge in [-0.2, -0.15) is 4.31 Å². The highest BCUT2D eigenvalue weighted by Gasteiger charge is 2.28. The molecule has 0 radical (unpaired) electrons. The molecule has 1 atom stereocenters. The Morgan fingerprint density at radius 3 is 2.00 bits per heavy atom. The van der Waals surface area contributed by atoms with Crippen molar-refractivity contribution in [3.63, 3.8) is 0 Å². The number of hydrogen-bond donors (Lipinski definition) is 1. The third-order valence-electron chi connectivity index (χ3n) is 4.33. The molecular weight excluding hydrogens is 324 g/mol. The van der Waals surface area contributed by atoms with Crippen LogP contribution in [0, 0.1) is 0 Å². The van der Waals surface area contributed by atoms with Crippen molar-refractivity contribution in [2.24, 2.45) is 0 Å². The summed E-state index contributed by atoms with van der Waals surface area (Å²) in [5.41, 5.74) is 0.886. The Labute approximate surface area is 143 Å². The van der Waals surface area contributed by atoms with E-state index in [1.165, 1.54) is 4.31 Å². The zero-order valence-corrected chi connectivity index (χ0v) is 14.3. The number of β-amino-alcohol motifs (C(OH)–C–C–N with tert-alkyl or cyclic N) is 1. The summed E-state index contributed by atoms with van der Waals surface area (Å²) in [4.78, 5) is 2.44. The van der Waals surface area contributed by atoms with E-state index < -0.39 is 16.1 Å². The Morgan fingerprint density at radius 1 is 0.875 bits per heavy atom. The van der Waals surface area contributed by atoms with Crippen molar-refractivity contribution in [1.29, 1.82) is 0 Å². The molecule has 1 aliphatic rings. The number of piperazine rings is 1. The van der Waals surface area contributed by atoms with Crippen LogP contribution in [0.25, 0.3) is 0 Å². The van der Waals surface area contributed by atoms with Gasteiger partial charge in [0.25, 0.3) is 0 Å². The van der Waals surface area contributed by atoms with Gasteiger partial charge in [0.1, 0.15) is 0 Å². The number of aliphatic hydroxyl groups is 1. The van der Waals surface area contributed by atoms with E-state index in [-0.39, 0.29) is 0 Å². The summed E-state index contributed by atoms with van der Waals surface area (Å²) >= 11 is 0. The molecule has 1 N–H and O–H groups in total. The minimum Gasteiger partial charge on any atom is -0.387 e. The van der Waals surface area contributed by atoms with Crippen LogP contribution in [0.2, 0.25) is 0 Å². The molecule has 0 unspecified atom stereocenters. The predicted molar refractivity (Wildman–Crippen MR) is 93.0 cm³/mol. The molecular formula is C18H22N2O3S. The molecule has 0 amide bonds. The Morgan fingerprint density at radius 2 is 1.42 bits per heavy atom. The Balaban J connectivity index is 1.58. The van der Waals surface area contributed by atoms with Crippen LogP contribution in [-0.2, 0) is 10.0 Å². The average molecular weight is 346 g/mol. The van der Waals surface area contributed by atoms with Crippen LogP contribution in [0.4, 0.5) is 0 Å². The minimum absolute atomic E-state index is 0.336. The molecule has 0 bridgehead atoms. The number of hydrogen-bond acceptors (Lipinski definition) is 4. The van der Waals surface area contributed by atoms with E-state index in [1.807, 2.05) is 36.4 Å². The maximum absolute atomic E-state index is 12.6. The quantitative estimate of drug-likeness (QED) is 0.896. The second-order valence-corrected chi connectivity index (χ2v) is 7.88. The molecule has 5 nitrogen and oxygen atoms in total. The summed E-state index contributed by atoms with van der Waals surface area (Å²) in [5.74, 6) is 0. The van der Waals surface area contributed by atoms with Gasteiger partial charge in [-0.15, -0.1) is 0 Å². The molecule has 1 aliphatic heterocycles. The minimum atomic E-state index is -3.42. The average Bonchev–Trinajstić information content (AvgIpc) is 2.63. The summed E-state index contributed by atoms with van der Waals surface area (Å²) in [5, 5.41) is 10.3. The van der Waals surface area contributed by atoms with Crippen molar-refractivity contribution in [3.8, 4) is 0 Å².